The molecule has 1 aromatic heterocycles. The van der Waals surface area contributed by atoms with E-state index in [-0.39, 0.29) is 4.90 Å². The molecule has 6 heteroatoms. The van der Waals surface area contributed by atoms with Crippen molar-refractivity contribution >= 4 is 21.4 Å². The number of anilines is 2. The summed E-state index contributed by atoms with van der Waals surface area (Å²) in [6, 6.07) is 10.00. The van der Waals surface area contributed by atoms with Crippen LogP contribution >= 0.6 is 0 Å². The van der Waals surface area contributed by atoms with Crippen molar-refractivity contribution < 1.29 is 8.42 Å². The quantitative estimate of drug-likeness (QED) is 0.866. The van der Waals surface area contributed by atoms with Crippen molar-refractivity contribution in [3.05, 3.63) is 48.8 Å². The Morgan fingerprint density at radius 3 is 2.53 bits per heavy atom. The highest BCUT2D eigenvalue weighted by molar-refractivity contribution is 7.92. The van der Waals surface area contributed by atoms with E-state index in [0.717, 1.165) is 0 Å². The van der Waals surface area contributed by atoms with Crippen LogP contribution in [0.4, 0.5) is 11.4 Å². The summed E-state index contributed by atoms with van der Waals surface area (Å²) in [5.41, 5.74) is 6.76. The summed E-state index contributed by atoms with van der Waals surface area (Å²) in [5, 5.41) is 0. The van der Waals surface area contributed by atoms with E-state index in [1.807, 2.05) is 0 Å². The fourth-order valence-corrected chi connectivity index (χ4v) is 3.28. The van der Waals surface area contributed by atoms with Crippen LogP contribution in [-0.4, -0.2) is 19.9 Å². The topological polar surface area (TPSA) is 76.3 Å². The standard InChI is InChI=1S/C13H15N3O2S/c1-2-16(13-8-4-3-7-12(13)14)19(17,18)11-6-5-9-15-10-11/h3-10H,2,14H2,1H3. The van der Waals surface area contributed by atoms with Gasteiger partial charge in [-0.2, -0.15) is 0 Å². The molecular formula is C13H15N3O2S. The lowest BCUT2D eigenvalue weighted by atomic mass is 10.3. The molecule has 2 aromatic rings. The number of nitrogen functional groups attached to an aromatic ring is 1. The summed E-state index contributed by atoms with van der Waals surface area (Å²) in [5.74, 6) is 0. The van der Waals surface area contributed by atoms with Gasteiger partial charge in [0.25, 0.3) is 10.0 Å². The van der Waals surface area contributed by atoms with E-state index in [2.05, 4.69) is 4.98 Å². The maximum Gasteiger partial charge on any atom is 0.265 e. The Bertz CT molecular complexity index is 657. The largest absolute Gasteiger partial charge is 0.397 e. The van der Waals surface area contributed by atoms with E-state index in [1.165, 1.54) is 22.8 Å². The van der Waals surface area contributed by atoms with E-state index < -0.39 is 10.0 Å². The van der Waals surface area contributed by atoms with Crippen LogP contribution in [0.1, 0.15) is 6.92 Å². The van der Waals surface area contributed by atoms with Crippen molar-refractivity contribution in [2.24, 2.45) is 0 Å². The summed E-state index contributed by atoms with van der Waals surface area (Å²) >= 11 is 0. The fourth-order valence-electron chi connectivity index (χ4n) is 1.81. The van der Waals surface area contributed by atoms with Gasteiger partial charge in [-0.15, -0.1) is 0 Å². The number of nitrogens with two attached hydrogens (primary N) is 1. The van der Waals surface area contributed by atoms with Gasteiger partial charge in [0.05, 0.1) is 11.4 Å². The number of para-hydroxylation sites is 2. The van der Waals surface area contributed by atoms with Crippen molar-refractivity contribution in [1.82, 2.24) is 4.98 Å². The molecule has 0 spiro atoms. The Hall–Kier alpha value is -2.08. The lowest BCUT2D eigenvalue weighted by molar-refractivity contribution is 0.591. The molecule has 0 saturated heterocycles. The van der Waals surface area contributed by atoms with Crippen molar-refractivity contribution in [3.63, 3.8) is 0 Å². The Kier molecular flexibility index (Phi) is 3.71. The summed E-state index contributed by atoms with van der Waals surface area (Å²) in [4.78, 5) is 4.00. The molecule has 19 heavy (non-hydrogen) atoms. The zero-order valence-electron chi connectivity index (χ0n) is 10.5. The molecule has 0 radical (unpaired) electrons. The first kappa shape index (κ1) is 13.4. The zero-order valence-corrected chi connectivity index (χ0v) is 11.3. The Morgan fingerprint density at radius 1 is 1.21 bits per heavy atom. The Morgan fingerprint density at radius 2 is 1.95 bits per heavy atom. The van der Waals surface area contributed by atoms with Crippen molar-refractivity contribution in [3.8, 4) is 0 Å². The van der Waals surface area contributed by atoms with E-state index in [4.69, 9.17) is 5.73 Å². The van der Waals surface area contributed by atoms with Crippen LogP contribution in [0.2, 0.25) is 0 Å². The molecule has 0 amide bonds. The maximum atomic E-state index is 12.5. The number of hydrogen-bond acceptors (Lipinski definition) is 4. The number of benzene rings is 1. The molecule has 0 saturated carbocycles. The second-order valence-corrected chi connectivity index (χ2v) is 5.78. The first-order valence-corrected chi connectivity index (χ1v) is 7.28. The molecule has 0 fully saturated rings. The highest BCUT2D eigenvalue weighted by Gasteiger charge is 2.24. The van der Waals surface area contributed by atoms with Gasteiger partial charge in [-0.05, 0) is 31.2 Å². The normalized spacial score (nSPS) is 11.2. The number of aromatic nitrogens is 1. The zero-order chi connectivity index (χ0) is 13.9. The van der Waals surface area contributed by atoms with Crippen molar-refractivity contribution in [1.29, 1.82) is 0 Å². The molecule has 0 aliphatic carbocycles. The highest BCUT2D eigenvalue weighted by Crippen LogP contribution is 2.27. The molecule has 0 atom stereocenters. The van der Waals surface area contributed by atoms with Gasteiger partial charge >= 0.3 is 0 Å². The van der Waals surface area contributed by atoms with Crippen LogP contribution in [0.3, 0.4) is 0 Å². The predicted octanol–water partition coefficient (Wildman–Crippen LogP) is 1.88. The SMILES string of the molecule is CCN(c1ccccc1N)S(=O)(=O)c1cccnc1. The van der Waals surface area contributed by atoms with Crippen molar-refractivity contribution in [2.75, 3.05) is 16.6 Å². The molecule has 0 aliphatic rings. The molecule has 2 N–H and O–H groups in total. The fraction of sp³-hybridized carbons (Fsp3) is 0.154. The van der Waals surface area contributed by atoms with E-state index >= 15 is 0 Å². The van der Waals surface area contributed by atoms with Gasteiger partial charge in [0.15, 0.2) is 0 Å². The summed E-state index contributed by atoms with van der Waals surface area (Å²) in [7, 11) is -3.64. The maximum absolute atomic E-state index is 12.5. The predicted molar refractivity (Wildman–Crippen MR) is 75.3 cm³/mol. The van der Waals surface area contributed by atoms with E-state index in [9.17, 15) is 8.42 Å². The first-order valence-electron chi connectivity index (χ1n) is 5.84. The molecule has 100 valence electrons. The van der Waals surface area contributed by atoms with Gasteiger partial charge in [0.1, 0.15) is 4.90 Å². The summed E-state index contributed by atoms with van der Waals surface area (Å²) < 4.78 is 26.4. The van der Waals surface area contributed by atoms with E-state index in [1.54, 1.807) is 37.3 Å². The highest BCUT2D eigenvalue weighted by atomic mass is 32.2. The lowest BCUT2D eigenvalue weighted by Crippen LogP contribution is -2.31. The molecule has 1 aromatic carbocycles. The average Bonchev–Trinajstić information content (AvgIpc) is 2.42. The van der Waals surface area contributed by atoms with Gasteiger partial charge < -0.3 is 5.73 Å². The third kappa shape index (κ3) is 2.53. The average molecular weight is 277 g/mol. The second kappa shape index (κ2) is 5.27. The van der Waals surface area contributed by atoms with Gasteiger partial charge in [0.2, 0.25) is 0 Å². The minimum absolute atomic E-state index is 0.153. The van der Waals surface area contributed by atoms with Gasteiger partial charge in [0, 0.05) is 18.9 Å². The number of rotatable bonds is 4. The monoisotopic (exact) mass is 277 g/mol. The number of hydrogen-bond donors (Lipinski definition) is 1. The third-order valence-corrected chi connectivity index (χ3v) is 4.59. The minimum atomic E-state index is -3.64. The van der Waals surface area contributed by atoms with Gasteiger partial charge in [-0.25, -0.2) is 8.42 Å². The number of pyridine rings is 1. The Labute approximate surface area is 112 Å². The molecule has 0 unspecified atom stereocenters. The second-order valence-electron chi connectivity index (χ2n) is 3.92. The van der Waals surface area contributed by atoms with Gasteiger partial charge in [-0.1, -0.05) is 12.1 Å². The summed E-state index contributed by atoms with van der Waals surface area (Å²) in [6.07, 6.45) is 2.86. The number of sulfonamides is 1. The molecule has 5 nitrogen and oxygen atoms in total. The number of nitrogens with zero attached hydrogens (tertiary/aromatic N) is 2. The third-order valence-electron chi connectivity index (χ3n) is 2.72. The van der Waals surface area contributed by atoms with Crippen LogP contribution < -0.4 is 10.0 Å². The summed E-state index contributed by atoms with van der Waals surface area (Å²) in [6.45, 7) is 2.06. The van der Waals surface area contributed by atoms with Gasteiger partial charge in [-0.3, -0.25) is 9.29 Å². The molecular weight excluding hydrogens is 262 g/mol. The Balaban J connectivity index is 2.52. The van der Waals surface area contributed by atoms with E-state index in [0.29, 0.717) is 17.9 Å². The first-order chi connectivity index (χ1) is 9.07. The van der Waals surface area contributed by atoms with Crippen LogP contribution in [0.15, 0.2) is 53.7 Å². The smallest absolute Gasteiger partial charge is 0.265 e. The van der Waals surface area contributed by atoms with Crippen LogP contribution in [0.25, 0.3) is 0 Å². The molecule has 0 aliphatic heterocycles. The van der Waals surface area contributed by atoms with Crippen LogP contribution in [0.5, 0.6) is 0 Å². The lowest BCUT2D eigenvalue weighted by Gasteiger charge is -2.23. The molecule has 0 bridgehead atoms. The minimum Gasteiger partial charge on any atom is -0.397 e. The van der Waals surface area contributed by atoms with Crippen molar-refractivity contribution in [2.45, 2.75) is 11.8 Å². The molecule has 2 rings (SSSR count). The van der Waals surface area contributed by atoms with Crippen LogP contribution in [-0.2, 0) is 10.0 Å². The molecule has 1 heterocycles. The van der Waals surface area contributed by atoms with Crippen LogP contribution in [0, 0.1) is 0 Å².